The monoisotopic (exact) mass is 559 g/mol. The van der Waals surface area contributed by atoms with Gasteiger partial charge in [0.05, 0.1) is 17.8 Å². The molecule has 0 bridgehead atoms. The molecule has 8 aromatic carbocycles. The Balaban J connectivity index is 1.44. The van der Waals surface area contributed by atoms with E-state index in [-0.39, 0.29) is 91.7 Å². The molecular weight excluding hydrogens is 520 g/mol. The Morgan fingerprint density at radius 2 is 1.02 bits per heavy atom. The van der Waals surface area contributed by atoms with E-state index in [1.807, 2.05) is 0 Å². The van der Waals surface area contributed by atoms with Crippen molar-refractivity contribution in [3.8, 4) is 33.4 Å². The van der Waals surface area contributed by atoms with Crippen molar-refractivity contribution in [2.24, 2.45) is 0 Å². The predicted octanol–water partition coefficient (Wildman–Crippen LogP) is 12.0. The number of benzene rings is 8. The molecule has 200 valence electrons. The van der Waals surface area contributed by atoms with Gasteiger partial charge in [-0.25, -0.2) is 0 Å². The van der Waals surface area contributed by atoms with E-state index in [0.717, 1.165) is 0 Å². The van der Waals surface area contributed by atoms with Crippen LogP contribution in [0.5, 0.6) is 0 Å². The summed E-state index contributed by atoms with van der Waals surface area (Å²) in [7, 11) is 0. The van der Waals surface area contributed by atoms with Crippen LogP contribution in [0.1, 0.15) is 17.8 Å². The standard InChI is InChI=1S/C42H26O/c1-2-12-28(13-3-1)32-19-10-20-38-42(32)37-24-23-31(26-39(37)43-38)41-35-17-8-6-15-33(35)40(34-16-7-9-18-36(34)41)30-22-21-27-11-4-5-14-29(27)25-30/h1-26H/i4D,5D,10D,11D,14D,19D,20D,21D,22D,23D,24D,25D,26D. The van der Waals surface area contributed by atoms with Crippen molar-refractivity contribution in [1.29, 1.82) is 0 Å². The lowest BCUT2D eigenvalue weighted by molar-refractivity contribution is 0.669. The molecule has 0 N–H and O–H groups in total. The zero-order valence-corrected chi connectivity index (χ0v) is 22.4. The van der Waals surface area contributed by atoms with E-state index in [9.17, 15) is 6.85 Å². The van der Waals surface area contributed by atoms with Gasteiger partial charge < -0.3 is 4.42 Å². The van der Waals surface area contributed by atoms with E-state index in [1.165, 1.54) is 0 Å². The van der Waals surface area contributed by atoms with Crippen molar-refractivity contribution in [2.45, 2.75) is 0 Å². The van der Waals surface area contributed by atoms with Gasteiger partial charge in [0, 0.05) is 10.8 Å². The maximum atomic E-state index is 9.63. The molecule has 9 rings (SSSR count). The molecule has 0 fully saturated rings. The van der Waals surface area contributed by atoms with E-state index < -0.39 is 36.3 Å². The van der Waals surface area contributed by atoms with Crippen LogP contribution in [0, 0.1) is 0 Å². The summed E-state index contributed by atoms with van der Waals surface area (Å²) in [6.45, 7) is 0. The molecule has 1 heterocycles. The highest BCUT2D eigenvalue weighted by Crippen LogP contribution is 2.45. The second-order valence-electron chi connectivity index (χ2n) is 10.2. The van der Waals surface area contributed by atoms with Gasteiger partial charge in [0.25, 0.3) is 0 Å². The molecule has 0 amide bonds. The summed E-state index contributed by atoms with van der Waals surface area (Å²) in [4.78, 5) is 0. The number of furan rings is 1. The second-order valence-corrected chi connectivity index (χ2v) is 10.2. The largest absolute Gasteiger partial charge is 0.456 e. The smallest absolute Gasteiger partial charge is 0.136 e. The van der Waals surface area contributed by atoms with Crippen LogP contribution < -0.4 is 0 Å². The third kappa shape index (κ3) is 3.72. The van der Waals surface area contributed by atoms with E-state index >= 15 is 0 Å². The van der Waals surface area contributed by atoms with Gasteiger partial charge in [0.15, 0.2) is 0 Å². The highest BCUT2D eigenvalue weighted by atomic mass is 16.3. The molecule has 0 saturated carbocycles. The van der Waals surface area contributed by atoms with Crippen molar-refractivity contribution < 1.29 is 22.2 Å². The maximum absolute atomic E-state index is 9.63. The summed E-state index contributed by atoms with van der Waals surface area (Å²) >= 11 is 0. The van der Waals surface area contributed by atoms with Gasteiger partial charge >= 0.3 is 0 Å². The number of rotatable bonds is 3. The van der Waals surface area contributed by atoms with E-state index in [0.29, 0.717) is 38.2 Å². The second kappa shape index (κ2) is 9.44. The summed E-state index contributed by atoms with van der Waals surface area (Å²) in [6.07, 6.45) is 0. The van der Waals surface area contributed by atoms with Crippen LogP contribution in [0.4, 0.5) is 0 Å². The highest BCUT2D eigenvalue weighted by molar-refractivity contribution is 6.22. The molecule has 43 heavy (non-hydrogen) atoms. The molecule has 0 aliphatic carbocycles. The molecule has 0 aliphatic rings. The lowest BCUT2D eigenvalue weighted by atomic mass is 9.85. The quantitative estimate of drug-likeness (QED) is 0.196. The number of fused-ring (bicyclic) bond motifs is 6. The Kier molecular flexibility index (Phi) is 3.18. The Morgan fingerprint density at radius 3 is 1.72 bits per heavy atom. The van der Waals surface area contributed by atoms with Crippen LogP contribution >= 0.6 is 0 Å². The fourth-order valence-electron chi connectivity index (χ4n) is 5.97. The van der Waals surface area contributed by atoms with Crippen molar-refractivity contribution in [2.75, 3.05) is 0 Å². The SMILES string of the molecule is [2H]c1c([2H])c(-c2ccccc2)c2c(oc3c([2H])c(-c4c5ccccc5c(-c5c([2H])c([2H])c6c([2H])c([2H])c([2H])c([2H])c6c5[2H])c5ccccc45)c([2H])c([2H])c32)c1[2H]. The van der Waals surface area contributed by atoms with Crippen LogP contribution in [0.3, 0.4) is 0 Å². The molecular formula is C42H26O. The van der Waals surface area contributed by atoms with Gasteiger partial charge in [-0.05, 0) is 89.9 Å². The fourth-order valence-corrected chi connectivity index (χ4v) is 5.97. The average Bonchev–Trinajstić information content (AvgIpc) is 3.60. The van der Waals surface area contributed by atoms with Crippen molar-refractivity contribution in [3.63, 3.8) is 0 Å². The molecule has 0 unspecified atom stereocenters. The molecule has 0 radical (unpaired) electrons. The minimum Gasteiger partial charge on any atom is -0.456 e. The molecule has 0 spiro atoms. The minimum absolute atomic E-state index is 0.0218. The summed E-state index contributed by atoms with van der Waals surface area (Å²) in [6, 6.07) is 17.6. The number of hydrogen-bond acceptors (Lipinski definition) is 1. The van der Waals surface area contributed by atoms with Gasteiger partial charge in [0.2, 0.25) is 0 Å². The first-order valence-corrected chi connectivity index (χ1v) is 13.7. The van der Waals surface area contributed by atoms with Crippen LogP contribution in [0.25, 0.3) is 87.6 Å². The Labute approximate surface area is 267 Å². The Hall–Kier alpha value is -5.66. The third-order valence-electron chi connectivity index (χ3n) is 7.82. The van der Waals surface area contributed by atoms with Gasteiger partial charge in [-0.2, -0.15) is 0 Å². The average molecular weight is 560 g/mol. The van der Waals surface area contributed by atoms with Crippen LogP contribution in [0.2, 0.25) is 0 Å². The maximum Gasteiger partial charge on any atom is 0.136 e. The Bertz CT molecular complexity index is 3170. The fraction of sp³-hybridized carbons (Fsp3) is 0. The molecule has 0 atom stereocenters. The van der Waals surface area contributed by atoms with E-state index in [2.05, 4.69) is 0 Å². The minimum atomic E-state index is -0.564. The summed E-state index contributed by atoms with van der Waals surface area (Å²) in [5.74, 6) is 0. The summed E-state index contributed by atoms with van der Waals surface area (Å²) in [5.41, 5.74) is 1.40. The van der Waals surface area contributed by atoms with Crippen molar-refractivity contribution in [3.05, 3.63) is 157 Å². The molecule has 1 nitrogen and oxygen atoms in total. The molecule has 0 saturated heterocycles. The molecule has 1 heteroatoms. The van der Waals surface area contributed by atoms with Crippen LogP contribution in [-0.2, 0) is 0 Å². The first-order valence-electron chi connectivity index (χ1n) is 20.2. The molecule has 0 aliphatic heterocycles. The van der Waals surface area contributed by atoms with Gasteiger partial charge in [-0.15, -0.1) is 0 Å². The van der Waals surface area contributed by atoms with Gasteiger partial charge in [-0.3, -0.25) is 0 Å². The summed E-state index contributed by atoms with van der Waals surface area (Å²) in [5, 5.41) is 1.76. The van der Waals surface area contributed by atoms with Crippen molar-refractivity contribution in [1.82, 2.24) is 0 Å². The van der Waals surface area contributed by atoms with Gasteiger partial charge in [-0.1, -0.05) is 133 Å². The first-order chi connectivity index (χ1) is 26.8. The predicted molar refractivity (Wildman–Crippen MR) is 183 cm³/mol. The molecule has 1 aromatic heterocycles. The third-order valence-corrected chi connectivity index (χ3v) is 7.82. The number of hydrogen-bond donors (Lipinski definition) is 0. The van der Waals surface area contributed by atoms with Crippen molar-refractivity contribution >= 4 is 54.3 Å². The van der Waals surface area contributed by atoms with Gasteiger partial charge in [0.1, 0.15) is 11.2 Å². The highest BCUT2D eigenvalue weighted by Gasteiger charge is 2.19. The Morgan fingerprint density at radius 1 is 0.419 bits per heavy atom. The van der Waals surface area contributed by atoms with E-state index in [1.54, 1.807) is 78.9 Å². The lowest BCUT2D eigenvalue weighted by Crippen LogP contribution is -1.91. The van der Waals surface area contributed by atoms with Crippen LogP contribution in [0.15, 0.2) is 162 Å². The van der Waals surface area contributed by atoms with E-state index in [4.69, 9.17) is 15.4 Å². The van der Waals surface area contributed by atoms with Crippen LogP contribution in [-0.4, -0.2) is 0 Å². The first kappa shape index (κ1) is 14.5. The summed E-state index contributed by atoms with van der Waals surface area (Å²) < 4.78 is 122. The molecule has 9 aromatic rings. The zero-order valence-electron chi connectivity index (χ0n) is 35.4. The zero-order chi connectivity index (χ0) is 39.6. The normalized spacial score (nSPS) is 16.0. The topological polar surface area (TPSA) is 13.1 Å². The lowest BCUT2D eigenvalue weighted by Gasteiger charge is -2.18.